The Labute approximate surface area is 114 Å². The van der Waals surface area contributed by atoms with Gasteiger partial charge < -0.3 is 15.5 Å². The first-order valence-corrected chi connectivity index (χ1v) is 6.12. The predicted octanol–water partition coefficient (Wildman–Crippen LogP) is 1.61. The molecule has 1 aliphatic rings. The van der Waals surface area contributed by atoms with Gasteiger partial charge in [0.25, 0.3) is 0 Å². The SMILES string of the molecule is O=C1CN(C(=S)Nc2ccc(F)c(Cl)c2)CCN1. The second-order valence-electron chi connectivity index (χ2n) is 3.83. The molecule has 4 nitrogen and oxygen atoms in total. The molecule has 0 radical (unpaired) electrons. The molecule has 1 aromatic rings. The van der Waals surface area contributed by atoms with Crippen LogP contribution in [-0.2, 0) is 4.79 Å². The van der Waals surface area contributed by atoms with E-state index in [2.05, 4.69) is 10.6 Å². The van der Waals surface area contributed by atoms with Gasteiger partial charge in [0.05, 0.1) is 11.6 Å². The number of amides is 1. The molecule has 1 saturated heterocycles. The molecule has 0 atom stereocenters. The number of carbonyl (C=O) groups is 1. The van der Waals surface area contributed by atoms with Crippen molar-refractivity contribution in [3.05, 3.63) is 29.0 Å². The zero-order valence-corrected chi connectivity index (χ0v) is 10.9. The number of nitrogens with zero attached hydrogens (tertiary/aromatic N) is 1. The van der Waals surface area contributed by atoms with Gasteiger partial charge >= 0.3 is 0 Å². The molecule has 7 heteroatoms. The summed E-state index contributed by atoms with van der Waals surface area (Å²) in [6.07, 6.45) is 0. The fraction of sp³-hybridized carbons (Fsp3) is 0.273. The average Bonchev–Trinajstić information content (AvgIpc) is 2.34. The number of rotatable bonds is 1. The van der Waals surface area contributed by atoms with Crippen LogP contribution in [0.15, 0.2) is 18.2 Å². The third-order valence-corrected chi connectivity index (χ3v) is 3.15. The number of benzene rings is 1. The van der Waals surface area contributed by atoms with E-state index in [-0.39, 0.29) is 17.5 Å². The zero-order valence-electron chi connectivity index (χ0n) is 9.37. The molecule has 0 unspecified atom stereocenters. The second kappa shape index (κ2) is 5.49. The van der Waals surface area contributed by atoms with Crippen molar-refractivity contribution in [1.82, 2.24) is 10.2 Å². The Balaban J connectivity index is 2.02. The average molecular weight is 288 g/mol. The first-order valence-electron chi connectivity index (χ1n) is 5.34. The van der Waals surface area contributed by atoms with Crippen molar-refractivity contribution in [1.29, 1.82) is 0 Å². The minimum atomic E-state index is -0.481. The highest BCUT2D eigenvalue weighted by atomic mass is 35.5. The van der Waals surface area contributed by atoms with Crippen LogP contribution in [0.1, 0.15) is 0 Å². The molecule has 1 fully saturated rings. The lowest BCUT2D eigenvalue weighted by Crippen LogP contribution is -2.51. The van der Waals surface area contributed by atoms with Crippen LogP contribution in [-0.4, -0.2) is 35.6 Å². The minimum absolute atomic E-state index is 0.0270. The van der Waals surface area contributed by atoms with Crippen molar-refractivity contribution in [2.24, 2.45) is 0 Å². The Morgan fingerprint density at radius 3 is 3.00 bits per heavy atom. The summed E-state index contributed by atoms with van der Waals surface area (Å²) in [5.74, 6) is -0.548. The monoisotopic (exact) mass is 287 g/mol. The smallest absolute Gasteiger partial charge is 0.239 e. The molecule has 0 aromatic heterocycles. The molecule has 1 amide bonds. The predicted molar refractivity (Wildman–Crippen MR) is 72.2 cm³/mol. The first-order chi connectivity index (χ1) is 8.56. The van der Waals surface area contributed by atoms with E-state index in [1.54, 1.807) is 4.90 Å². The molecular weight excluding hydrogens is 277 g/mol. The molecule has 2 N–H and O–H groups in total. The van der Waals surface area contributed by atoms with Crippen molar-refractivity contribution >= 4 is 40.5 Å². The molecule has 1 heterocycles. The summed E-state index contributed by atoms with van der Waals surface area (Å²) in [7, 11) is 0. The van der Waals surface area contributed by atoms with E-state index >= 15 is 0 Å². The van der Waals surface area contributed by atoms with Gasteiger partial charge in [-0.2, -0.15) is 0 Å². The van der Waals surface area contributed by atoms with Crippen LogP contribution in [0.3, 0.4) is 0 Å². The molecule has 0 aliphatic carbocycles. The normalized spacial score (nSPS) is 15.2. The molecule has 0 saturated carbocycles. The fourth-order valence-electron chi connectivity index (χ4n) is 1.59. The van der Waals surface area contributed by atoms with E-state index in [9.17, 15) is 9.18 Å². The lowest BCUT2D eigenvalue weighted by atomic mass is 10.3. The molecular formula is C11H11ClFN3OS. The van der Waals surface area contributed by atoms with Gasteiger partial charge in [-0.05, 0) is 30.4 Å². The zero-order chi connectivity index (χ0) is 13.1. The van der Waals surface area contributed by atoms with Crippen molar-refractivity contribution < 1.29 is 9.18 Å². The minimum Gasteiger partial charge on any atom is -0.353 e. The summed E-state index contributed by atoms with van der Waals surface area (Å²) in [6.45, 7) is 1.43. The van der Waals surface area contributed by atoms with E-state index in [4.69, 9.17) is 23.8 Å². The third kappa shape index (κ3) is 3.08. The summed E-state index contributed by atoms with van der Waals surface area (Å²) < 4.78 is 13.0. The van der Waals surface area contributed by atoms with Gasteiger partial charge in [0, 0.05) is 18.8 Å². The molecule has 1 aromatic carbocycles. The molecule has 0 spiro atoms. The van der Waals surface area contributed by atoms with Crippen molar-refractivity contribution in [2.45, 2.75) is 0 Å². The maximum Gasteiger partial charge on any atom is 0.239 e. The van der Waals surface area contributed by atoms with Crippen LogP contribution < -0.4 is 10.6 Å². The van der Waals surface area contributed by atoms with Crippen molar-refractivity contribution in [3.63, 3.8) is 0 Å². The number of thiocarbonyl (C=S) groups is 1. The van der Waals surface area contributed by atoms with E-state index in [1.807, 2.05) is 0 Å². The number of nitrogens with one attached hydrogen (secondary N) is 2. The van der Waals surface area contributed by atoms with Gasteiger partial charge in [0.15, 0.2) is 5.11 Å². The van der Waals surface area contributed by atoms with Crippen LogP contribution in [0.2, 0.25) is 5.02 Å². The van der Waals surface area contributed by atoms with Crippen LogP contribution in [0.4, 0.5) is 10.1 Å². The largest absolute Gasteiger partial charge is 0.353 e. The Hall–Kier alpha value is -1.40. The molecule has 0 bridgehead atoms. The number of hydrogen-bond acceptors (Lipinski definition) is 2. The van der Waals surface area contributed by atoms with Crippen molar-refractivity contribution in [3.8, 4) is 0 Å². The fourth-order valence-corrected chi connectivity index (χ4v) is 2.04. The quantitative estimate of drug-likeness (QED) is 0.770. The summed E-state index contributed by atoms with van der Waals surface area (Å²) in [6, 6.07) is 4.25. The molecule has 2 rings (SSSR count). The standard InChI is InChI=1S/C11H11ClFN3OS/c12-8-5-7(1-2-9(8)13)15-11(18)16-4-3-14-10(17)6-16/h1-2,5H,3-4,6H2,(H,14,17)(H,15,18). The van der Waals surface area contributed by atoms with Crippen LogP contribution >= 0.6 is 23.8 Å². The highest BCUT2D eigenvalue weighted by molar-refractivity contribution is 7.80. The third-order valence-electron chi connectivity index (χ3n) is 2.50. The summed E-state index contributed by atoms with van der Waals surface area (Å²) in [4.78, 5) is 13.0. The van der Waals surface area contributed by atoms with Gasteiger partial charge in [-0.15, -0.1) is 0 Å². The maximum absolute atomic E-state index is 13.0. The Morgan fingerprint density at radius 1 is 1.56 bits per heavy atom. The lowest BCUT2D eigenvalue weighted by molar-refractivity contribution is -0.122. The maximum atomic E-state index is 13.0. The molecule has 18 heavy (non-hydrogen) atoms. The number of hydrogen-bond donors (Lipinski definition) is 2. The van der Waals surface area contributed by atoms with Gasteiger partial charge in [-0.1, -0.05) is 11.6 Å². The second-order valence-corrected chi connectivity index (χ2v) is 4.62. The van der Waals surface area contributed by atoms with Crippen LogP contribution in [0.5, 0.6) is 0 Å². The first kappa shape index (κ1) is 13.0. The van der Waals surface area contributed by atoms with Gasteiger partial charge in [0.2, 0.25) is 5.91 Å². The van der Waals surface area contributed by atoms with Gasteiger partial charge in [0.1, 0.15) is 5.82 Å². The van der Waals surface area contributed by atoms with Crippen molar-refractivity contribution in [2.75, 3.05) is 25.0 Å². The van der Waals surface area contributed by atoms with E-state index in [0.29, 0.717) is 23.9 Å². The van der Waals surface area contributed by atoms with Gasteiger partial charge in [-0.3, -0.25) is 4.79 Å². The molecule has 1 aliphatic heterocycles. The van der Waals surface area contributed by atoms with Gasteiger partial charge in [-0.25, -0.2) is 4.39 Å². The summed E-state index contributed by atoms with van der Waals surface area (Å²) >= 11 is 10.9. The summed E-state index contributed by atoms with van der Waals surface area (Å²) in [5, 5.41) is 6.09. The Bertz CT molecular complexity index is 497. The number of halogens is 2. The van der Waals surface area contributed by atoms with E-state index in [0.717, 1.165) is 0 Å². The van der Waals surface area contributed by atoms with E-state index < -0.39 is 5.82 Å². The number of piperazine rings is 1. The Morgan fingerprint density at radius 2 is 2.33 bits per heavy atom. The van der Waals surface area contributed by atoms with E-state index in [1.165, 1.54) is 18.2 Å². The highest BCUT2D eigenvalue weighted by Gasteiger charge is 2.18. The Kier molecular flexibility index (Phi) is 3.98. The highest BCUT2D eigenvalue weighted by Crippen LogP contribution is 2.19. The number of anilines is 1. The van der Waals surface area contributed by atoms with Crippen LogP contribution in [0, 0.1) is 5.82 Å². The topological polar surface area (TPSA) is 44.4 Å². The molecule has 96 valence electrons. The van der Waals surface area contributed by atoms with Crippen LogP contribution in [0.25, 0.3) is 0 Å². The number of carbonyl (C=O) groups excluding carboxylic acids is 1. The summed E-state index contributed by atoms with van der Waals surface area (Å²) in [5.41, 5.74) is 0.595. The lowest BCUT2D eigenvalue weighted by Gasteiger charge is -2.29.